The Morgan fingerprint density at radius 1 is 0.974 bits per heavy atom. The Kier molecular flexibility index (Phi) is 6.00. The second kappa shape index (κ2) is 9.38. The molecule has 0 unspecified atom stereocenters. The molecule has 0 spiro atoms. The van der Waals surface area contributed by atoms with E-state index in [1.54, 1.807) is 42.5 Å². The Balaban J connectivity index is 1.52. The first-order valence-electron chi connectivity index (χ1n) is 12.1. The van der Waals surface area contributed by atoms with Gasteiger partial charge in [-0.1, -0.05) is 36.4 Å². The molecule has 0 fully saturated rings. The van der Waals surface area contributed by atoms with Crippen LogP contribution in [-0.4, -0.2) is 43.8 Å². The summed E-state index contributed by atoms with van der Waals surface area (Å²) in [6.07, 6.45) is 3.29. The quantitative estimate of drug-likeness (QED) is 0.369. The van der Waals surface area contributed by atoms with Crippen LogP contribution in [0.4, 0.5) is 0 Å². The van der Waals surface area contributed by atoms with Crippen LogP contribution in [0.3, 0.4) is 0 Å². The number of carbonyl (C=O) groups is 2. The fourth-order valence-electron chi connectivity index (χ4n) is 5.58. The van der Waals surface area contributed by atoms with Gasteiger partial charge < -0.3 is 9.84 Å². The lowest BCUT2D eigenvalue weighted by Gasteiger charge is -2.39. The molecule has 192 valence electrons. The van der Waals surface area contributed by atoms with Crippen LogP contribution >= 0.6 is 15.9 Å². The summed E-state index contributed by atoms with van der Waals surface area (Å²) in [7, 11) is 0. The van der Waals surface area contributed by atoms with Crippen LogP contribution in [0.25, 0.3) is 5.69 Å². The number of aliphatic hydroxyl groups is 1. The maximum Gasteiger partial charge on any atom is 0.352 e. The number of ether oxygens (including phenoxy) is 1. The number of para-hydroxylation sites is 1. The molecule has 2 aliphatic carbocycles. The first-order valence-corrected chi connectivity index (χ1v) is 12.9. The van der Waals surface area contributed by atoms with Crippen molar-refractivity contribution in [2.45, 2.75) is 24.9 Å². The molecule has 0 radical (unpaired) electrons. The Bertz CT molecular complexity index is 1690. The average Bonchev–Trinajstić information content (AvgIpc) is 3.19. The van der Waals surface area contributed by atoms with Gasteiger partial charge in [0.1, 0.15) is 12.4 Å². The smallest absolute Gasteiger partial charge is 0.352 e. The topological polar surface area (TPSA) is 113 Å². The van der Waals surface area contributed by atoms with Crippen molar-refractivity contribution >= 4 is 27.5 Å². The molecule has 38 heavy (non-hydrogen) atoms. The first kappa shape index (κ1) is 24.3. The van der Waals surface area contributed by atoms with Gasteiger partial charge in [-0.15, -0.1) is 0 Å². The summed E-state index contributed by atoms with van der Waals surface area (Å²) in [4.78, 5) is 53.6. The van der Waals surface area contributed by atoms with E-state index in [0.29, 0.717) is 22.6 Å². The zero-order valence-corrected chi connectivity index (χ0v) is 21.6. The summed E-state index contributed by atoms with van der Waals surface area (Å²) in [5.41, 5.74) is 1.74. The van der Waals surface area contributed by atoms with Gasteiger partial charge in [-0.05, 0) is 51.3 Å². The van der Waals surface area contributed by atoms with Crippen LogP contribution in [0.1, 0.15) is 23.9 Å². The number of aliphatic hydroxyl groups excluding tert-OH is 1. The van der Waals surface area contributed by atoms with Crippen molar-refractivity contribution in [2.75, 3.05) is 13.2 Å². The molecular weight excluding hydrogens is 554 g/mol. The molecule has 10 heteroatoms. The Labute approximate surface area is 224 Å². The number of hydrogen-bond donors (Lipinski definition) is 1. The van der Waals surface area contributed by atoms with Crippen LogP contribution in [0.15, 0.2) is 97.5 Å². The molecule has 0 saturated carbocycles. The van der Waals surface area contributed by atoms with E-state index < -0.39 is 23.3 Å². The second-order valence-corrected chi connectivity index (χ2v) is 10.1. The Morgan fingerprint density at radius 3 is 2.42 bits per heavy atom. The molecule has 6 rings (SSSR count). The third-order valence-electron chi connectivity index (χ3n) is 7.19. The van der Waals surface area contributed by atoms with E-state index in [0.717, 1.165) is 15.7 Å². The van der Waals surface area contributed by atoms with Gasteiger partial charge in [0.2, 0.25) is 0 Å². The summed E-state index contributed by atoms with van der Waals surface area (Å²) in [6.45, 7) is 0.181. The highest BCUT2D eigenvalue weighted by molar-refractivity contribution is 9.12. The number of aromatic nitrogens is 3. The van der Waals surface area contributed by atoms with Gasteiger partial charge in [0.15, 0.2) is 11.6 Å². The van der Waals surface area contributed by atoms with Gasteiger partial charge in [-0.2, -0.15) is 0 Å². The van der Waals surface area contributed by atoms with E-state index in [9.17, 15) is 19.2 Å². The van der Waals surface area contributed by atoms with Crippen molar-refractivity contribution < 1.29 is 19.4 Å². The van der Waals surface area contributed by atoms with E-state index in [2.05, 4.69) is 15.9 Å². The van der Waals surface area contributed by atoms with Crippen molar-refractivity contribution in [1.29, 1.82) is 0 Å². The molecule has 0 amide bonds. The molecule has 1 aromatic heterocycles. The van der Waals surface area contributed by atoms with Crippen LogP contribution in [0.2, 0.25) is 0 Å². The lowest BCUT2D eigenvalue weighted by Crippen LogP contribution is -2.40. The Morgan fingerprint density at radius 2 is 1.71 bits per heavy atom. The average molecular weight is 576 g/mol. The molecule has 2 aromatic carbocycles. The minimum Gasteiger partial charge on any atom is -0.491 e. The molecule has 1 aliphatic heterocycles. The molecule has 2 atom stereocenters. The third kappa shape index (κ3) is 3.71. The van der Waals surface area contributed by atoms with Crippen LogP contribution in [-0.2, 0) is 16.1 Å². The zero-order chi connectivity index (χ0) is 26.6. The number of benzene rings is 2. The van der Waals surface area contributed by atoms with E-state index in [1.165, 1.54) is 15.4 Å². The minimum absolute atomic E-state index is 0.112. The zero-order valence-electron chi connectivity index (χ0n) is 20.0. The van der Waals surface area contributed by atoms with E-state index >= 15 is 0 Å². The number of hydrogen-bond acceptors (Lipinski definition) is 6. The van der Waals surface area contributed by atoms with Gasteiger partial charge in [-0.25, -0.2) is 23.5 Å². The number of allylic oxidation sites excluding steroid dienone is 6. The molecule has 3 aliphatic rings. The number of Topliss-reactive ketones (excluding diaryl/α,β-unsaturated/α-hetero) is 1. The molecule has 3 aromatic rings. The monoisotopic (exact) mass is 575 g/mol. The number of nitrogens with zero attached hydrogens (tertiary/aromatic N) is 3. The molecule has 0 bridgehead atoms. The maximum absolute atomic E-state index is 13.7. The second-order valence-electron chi connectivity index (χ2n) is 9.24. The van der Waals surface area contributed by atoms with E-state index in [1.807, 2.05) is 18.2 Å². The third-order valence-corrected chi connectivity index (χ3v) is 7.78. The number of halogens is 1. The van der Waals surface area contributed by atoms with Gasteiger partial charge in [0.25, 0.3) is 0 Å². The van der Waals surface area contributed by atoms with Gasteiger partial charge >= 0.3 is 11.4 Å². The molecule has 2 heterocycles. The van der Waals surface area contributed by atoms with Crippen LogP contribution in [0.5, 0.6) is 5.75 Å². The summed E-state index contributed by atoms with van der Waals surface area (Å²) in [5, 5.41) is 9.05. The maximum atomic E-state index is 13.7. The Hall–Kier alpha value is -4.02. The van der Waals surface area contributed by atoms with Crippen molar-refractivity contribution in [1.82, 2.24) is 13.9 Å². The van der Waals surface area contributed by atoms with Crippen molar-refractivity contribution in [3.05, 3.63) is 114 Å². The predicted molar refractivity (Wildman–Crippen MR) is 142 cm³/mol. The van der Waals surface area contributed by atoms with Crippen molar-refractivity contribution in [3.8, 4) is 11.4 Å². The first-order chi connectivity index (χ1) is 18.4. The normalized spacial score (nSPS) is 20.4. The SMILES string of the molecule is O=C1C=C(Br)C(=O)C2=C1[C@@H](c1ccc(OCCO)cc1)C1=CCn3c(=O)n(-c4ccccc4)c(=O)n3[C@@H]1C2. The summed E-state index contributed by atoms with van der Waals surface area (Å²) in [6, 6.07) is 15.2. The summed E-state index contributed by atoms with van der Waals surface area (Å²) in [5.74, 6) is -0.601. The van der Waals surface area contributed by atoms with E-state index in [4.69, 9.17) is 9.84 Å². The van der Waals surface area contributed by atoms with Gasteiger partial charge in [0, 0.05) is 29.6 Å². The number of rotatable bonds is 5. The van der Waals surface area contributed by atoms with Gasteiger partial charge in [0.05, 0.1) is 29.4 Å². The lowest BCUT2D eigenvalue weighted by molar-refractivity contribution is -0.115. The lowest BCUT2D eigenvalue weighted by atomic mass is 9.69. The van der Waals surface area contributed by atoms with Crippen molar-refractivity contribution in [3.63, 3.8) is 0 Å². The minimum atomic E-state index is -0.627. The molecule has 9 nitrogen and oxygen atoms in total. The predicted octanol–water partition coefficient (Wildman–Crippen LogP) is 2.57. The largest absolute Gasteiger partial charge is 0.491 e. The van der Waals surface area contributed by atoms with E-state index in [-0.39, 0.29) is 42.2 Å². The standard InChI is InChI=1S/C28H22BrN3O6/c29-21-15-23(34)25-20(26(21)35)14-22-19(24(25)16-6-8-18(9-7-16)38-13-12-33)10-11-30-27(36)31(28(37)32(22)30)17-4-2-1-3-5-17/h1-10,15,22,24,33H,11-14H2/t22-,24+/m1/s1. The molecule has 0 saturated heterocycles. The van der Waals surface area contributed by atoms with Crippen LogP contribution in [0, 0.1) is 0 Å². The highest BCUT2D eigenvalue weighted by Gasteiger charge is 2.45. The summed E-state index contributed by atoms with van der Waals surface area (Å²) >= 11 is 3.22. The number of ketones is 2. The fraction of sp³-hybridized carbons (Fsp3) is 0.214. The number of carbonyl (C=O) groups excluding carboxylic acids is 2. The van der Waals surface area contributed by atoms with Crippen molar-refractivity contribution in [2.24, 2.45) is 0 Å². The van der Waals surface area contributed by atoms with Gasteiger partial charge in [-0.3, -0.25) is 9.59 Å². The fourth-order valence-corrected chi connectivity index (χ4v) is 6.02. The van der Waals surface area contributed by atoms with Crippen LogP contribution < -0.4 is 16.1 Å². The summed E-state index contributed by atoms with van der Waals surface area (Å²) < 4.78 is 9.59. The molecule has 1 N–H and O–H groups in total. The highest BCUT2D eigenvalue weighted by Crippen LogP contribution is 2.50. The number of fused-ring (bicyclic) bond motifs is 3. The highest BCUT2D eigenvalue weighted by atomic mass is 79.9. The molecular formula is C28H22BrN3O6.